The Hall–Kier alpha value is -2.02. The van der Waals surface area contributed by atoms with Crippen LogP contribution in [0.1, 0.15) is 6.92 Å². The van der Waals surface area contributed by atoms with Crippen LogP contribution >= 0.6 is 12.2 Å². The lowest BCUT2D eigenvalue weighted by Gasteiger charge is -2.04. The van der Waals surface area contributed by atoms with Crippen molar-refractivity contribution in [3.8, 4) is 0 Å². The molecule has 0 saturated carbocycles. The van der Waals surface area contributed by atoms with Gasteiger partial charge in [0, 0.05) is 18.7 Å². The minimum atomic E-state index is -0.531. The van der Waals surface area contributed by atoms with Crippen molar-refractivity contribution >= 4 is 28.8 Å². The van der Waals surface area contributed by atoms with E-state index in [1.165, 1.54) is 22.8 Å². The number of hydrogen-bond acceptors (Lipinski definition) is 4. The monoisotopic (exact) mass is 251 g/mol. The average molecular weight is 251 g/mol. The van der Waals surface area contributed by atoms with E-state index in [0.717, 1.165) is 0 Å². The predicted molar refractivity (Wildman–Crippen MR) is 65.7 cm³/mol. The van der Waals surface area contributed by atoms with Crippen molar-refractivity contribution in [3.63, 3.8) is 0 Å². The van der Waals surface area contributed by atoms with Crippen LogP contribution < -0.4 is 5.56 Å². The summed E-state index contributed by atoms with van der Waals surface area (Å²) < 4.78 is 1.68. The lowest BCUT2D eigenvalue weighted by Crippen LogP contribution is -2.21. The highest BCUT2D eigenvalue weighted by atomic mass is 32.1. The number of non-ortho nitro benzene ring substituents is 1. The molecule has 0 aliphatic rings. The van der Waals surface area contributed by atoms with E-state index in [4.69, 9.17) is 12.2 Å². The molecule has 0 amide bonds. The minimum Gasteiger partial charge on any atom is -0.332 e. The summed E-state index contributed by atoms with van der Waals surface area (Å²) in [7, 11) is 0. The Labute approximate surface area is 101 Å². The van der Waals surface area contributed by atoms with Crippen LogP contribution in [0.25, 0.3) is 10.9 Å². The van der Waals surface area contributed by atoms with Crippen LogP contribution in [0.2, 0.25) is 0 Å². The van der Waals surface area contributed by atoms with Gasteiger partial charge in [0.25, 0.3) is 11.2 Å². The van der Waals surface area contributed by atoms with E-state index in [9.17, 15) is 14.9 Å². The fourth-order valence-electron chi connectivity index (χ4n) is 1.64. The summed E-state index contributed by atoms with van der Waals surface area (Å²) >= 11 is 5.02. The predicted octanol–water partition coefficient (Wildman–Crippen LogP) is 1.99. The molecule has 0 spiro atoms. The van der Waals surface area contributed by atoms with E-state index < -0.39 is 4.92 Å². The number of fused-ring (bicyclic) bond motifs is 1. The number of nitro benzene ring substituents is 1. The van der Waals surface area contributed by atoms with Gasteiger partial charge in [0.15, 0.2) is 4.77 Å². The third kappa shape index (κ3) is 1.84. The second-order valence-corrected chi connectivity index (χ2v) is 3.85. The summed E-state index contributed by atoms with van der Waals surface area (Å²) in [5, 5.41) is 10.9. The molecule has 0 aliphatic heterocycles. The van der Waals surface area contributed by atoms with E-state index >= 15 is 0 Å². The second kappa shape index (κ2) is 4.10. The van der Waals surface area contributed by atoms with Gasteiger partial charge in [-0.25, -0.2) is 0 Å². The molecule has 1 heterocycles. The maximum atomic E-state index is 12.0. The topological polar surface area (TPSA) is 80.9 Å². The van der Waals surface area contributed by atoms with Crippen molar-refractivity contribution < 1.29 is 4.92 Å². The molecule has 1 aromatic carbocycles. The molecule has 88 valence electrons. The summed E-state index contributed by atoms with van der Waals surface area (Å²) in [6.07, 6.45) is 0. The highest BCUT2D eigenvalue weighted by Crippen LogP contribution is 2.16. The van der Waals surface area contributed by atoms with Crippen LogP contribution in [-0.2, 0) is 6.54 Å². The van der Waals surface area contributed by atoms with E-state index in [1.54, 1.807) is 6.92 Å². The van der Waals surface area contributed by atoms with Gasteiger partial charge in [0.2, 0.25) is 0 Å². The average Bonchev–Trinajstić information content (AvgIpc) is 2.29. The Kier molecular flexibility index (Phi) is 2.76. The first-order chi connectivity index (χ1) is 8.04. The molecule has 0 aliphatic carbocycles. The van der Waals surface area contributed by atoms with Gasteiger partial charge in [-0.15, -0.1) is 0 Å². The maximum Gasteiger partial charge on any atom is 0.270 e. The first-order valence-electron chi connectivity index (χ1n) is 4.96. The van der Waals surface area contributed by atoms with Crippen LogP contribution in [0.4, 0.5) is 5.69 Å². The summed E-state index contributed by atoms with van der Waals surface area (Å²) in [4.78, 5) is 25.0. The van der Waals surface area contributed by atoms with Crippen LogP contribution in [-0.4, -0.2) is 14.5 Å². The fraction of sp³-hybridized carbons (Fsp3) is 0.200. The van der Waals surface area contributed by atoms with Crippen molar-refractivity contribution in [1.82, 2.24) is 9.55 Å². The SMILES string of the molecule is CCn1c(=S)[nH]c2ccc([N+](=O)[O-])cc2c1=O. The lowest BCUT2D eigenvalue weighted by molar-refractivity contribution is -0.384. The maximum absolute atomic E-state index is 12.0. The Morgan fingerprint density at radius 1 is 1.53 bits per heavy atom. The third-order valence-electron chi connectivity index (χ3n) is 2.49. The zero-order valence-electron chi connectivity index (χ0n) is 8.97. The Bertz CT molecular complexity index is 717. The number of rotatable bonds is 2. The zero-order valence-corrected chi connectivity index (χ0v) is 9.78. The molecule has 2 rings (SSSR count). The largest absolute Gasteiger partial charge is 0.332 e. The summed E-state index contributed by atoms with van der Waals surface area (Å²) in [5.74, 6) is 0. The molecule has 0 unspecified atom stereocenters. The van der Waals surface area contributed by atoms with E-state index in [-0.39, 0.29) is 16.6 Å². The smallest absolute Gasteiger partial charge is 0.270 e. The van der Waals surface area contributed by atoms with E-state index in [2.05, 4.69) is 4.98 Å². The molecule has 2 aromatic rings. The van der Waals surface area contributed by atoms with Gasteiger partial charge >= 0.3 is 0 Å². The van der Waals surface area contributed by atoms with Crippen LogP contribution in [0.3, 0.4) is 0 Å². The summed E-state index contributed by atoms with van der Waals surface area (Å²) in [6.45, 7) is 2.21. The Morgan fingerprint density at radius 3 is 2.82 bits per heavy atom. The van der Waals surface area contributed by atoms with E-state index in [1.807, 2.05) is 0 Å². The number of nitrogens with one attached hydrogen (secondary N) is 1. The zero-order chi connectivity index (χ0) is 12.6. The standard InChI is InChI=1S/C10H9N3O3S/c1-2-12-9(14)7-5-6(13(15)16)3-4-8(7)11-10(12)17/h3-5H,2H2,1H3,(H,11,17). The molecule has 0 atom stereocenters. The Balaban J connectivity index is 2.90. The van der Waals surface area contributed by atoms with Gasteiger partial charge in [-0.05, 0) is 25.2 Å². The van der Waals surface area contributed by atoms with Gasteiger partial charge in [-0.3, -0.25) is 19.5 Å². The first-order valence-corrected chi connectivity index (χ1v) is 5.36. The number of nitro groups is 1. The molecule has 0 radical (unpaired) electrons. The van der Waals surface area contributed by atoms with E-state index in [0.29, 0.717) is 16.8 Å². The number of aromatic amines is 1. The first kappa shape index (κ1) is 11.5. The van der Waals surface area contributed by atoms with Gasteiger partial charge < -0.3 is 4.98 Å². The fourth-order valence-corrected chi connectivity index (χ4v) is 1.96. The van der Waals surface area contributed by atoms with Crippen LogP contribution in [0, 0.1) is 14.9 Å². The van der Waals surface area contributed by atoms with Crippen molar-refractivity contribution in [2.24, 2.45) is 0 Å². The molecular weight excluding hydrogens is 242 g/mol. The van der Waals surface area contributed by atoms with Gasteiger partial charge in [-0.2, -0.15) is 0 Å². The third-order valence-corrected chi connectivity index (χ3v) is 2.81. The normalized spacial score (nSPS) is 10.6. The Morgan fingerprint density at radius 2 is 2.24 bits per heavy atom. The molecule has 0 fully saturated rings. The van der Waals surface area contributed by atoms with Crippen LogP contribution in [0.15, 0.2) is 23.0 Å². The molecular formula is C10H9N3O3S. The molecule has 0 saturated heterocycles. The minimum absolute atomic E-state index is 0.109. The molecule has 6 nitrogen and oxygen atoms in total. The summed E-state index contributed by atoms with van der Waals surface area (Å²) in [6, 6.07) is 4.09. The molecule has 17 heavy (non-hydrogen) atoms. The van der Waals surface area contributed by atoms with Gasteiger partial charge in [-0.1, -0.05) is 0 Å². The number of H-pyrrole nitrogens is 1. The number of nitrogens with zero attached hydrogens (tertiary/aromatic N) is 2. The van der Waals surface area contributed by atoms with Crippen molar-refractivity contribution in [2.75, 3.05) is 0 Å². The molecule has 1 aromatic heterocycles. The van der Waals surface area contributed by atoms with Crippen molar-refractivity contribution in [2.45, 2.75) is 13.5 Å². The highest BCUT2D eigenvalue weighted by Gasteiger charge is 2.10. The quantitative estimate of drug-likeness (QED) is 0.502. The second-order valence-electron chi connectivity index (χ2n) is 3.47. The number of benzene rings is 1. The molecule has 1 N–H and O–H groups in total. The molecule has 0 bridgehead atoms. The summed E-state index contributed by atoms with van der Waals surface area (Å²) in [5.41, 5.74) is 0.0908. The van der Waals surface area contributed by atoms with Crippen LogP contribution in [0.5, 0.6) is 0 Å². The number of hydrogen-bond donors (Lipinski definition) is 1. The van der Waals surface area contributed by atoms with Gasteiger partial charge in [0.1, 0.15) is 0 Å². The highest BCUT2D eigenvalue weighted by molar-refractivity contribution is 7.71. The lowest BCUT2D eigenvalue weighted by atomic mass is 10.2. The van der Waals surface area contributed by atoms with Crippen molar-refractivity contribution in [1.29, 1.82) is 0 Å². The molecule has 7 heteroatoms. The number of aromatic nitrogens is 2. The van der Waals surface area contributed by atoms with Crippen molar-refractivity contribution in [3.05, 3.63) is 43.4 Å². The van der Waals surface area contributed by atoms with Gasteiger partial charge in [0.05, 0.1) is 15.8 Å².